The fourth-order valence-corrected chi connectivity index (χ4v) is 5.06. The Labute approximate surface area is 214 Å². The highest BCUT2D eigenvalue weighted by atomic mass is 32.2. The minimum Gasteiger partial charge on any atom is -0.457 e. The number of ether oxygens (including phenoxy) is 1. The average Bonchev–Trinajstić information content (AvgIpc) is 3.25. The van der Waals surface area contributed by atoms with Crippen LogP contribution in [0, 0.1) is 5.82 Å². The lowest BCUT2D eigenvalue weighted by molar-refractivity contribution is 0.0964. The first-order valence-electron chi connectivity index (χ1n) is 11.6. The molecule has 0 aliphatic heterocycles. The van der Waals surface area contributed by atoms with E-state index in [4.69, 9.17) is 9.15 Å². The third-order valence-corrected chi connectivity index (χ3v) is 7.04. The van der Waals surface area contributed by atoms with Crippen LogP contribution < -0.4 is 14.4 Å². The number of carbonyl (C=O) groups is 1. The standard InChI is InChI=1S/C27H27FN2O6S/c1-4-17-15-22-24(16-23(17)30(13-14-31)37(3,33)34)36-26(25(22)27(32)29-2)18-5-9-20(10-6-18)35-21-11-7-19(28)8-12-21/h5-12,15-16,31H,4,13-14H2,1-3H3,(H,29,32). The molecule has 37 heavy (non-hydrogen) atoms. The molecule has 4 rings (SSSR count). The molecule has 0 fully saturated rings. The van der Waals surface area contributed by atoms with E-state index in [1.807, 2.05) is 6.92 Å². The lowest BCUT2D eigenvalue weighted by Gasteiger charge is -2.24. The van der Waals surface area contributed by atoms with Gasteiger partial charge < -0.3 is 19.6 Å². The number of aryl methyl sites for hydroxylation is 1. The minimum atomic E-state index is -3.67. The molecule has 8 nitrogen and oxygen atoms in total. The van der Waals surface area contributed by atoms with Gasteiger partial charge in [-0.2, -0.15) is 0 Å². The summed E-state index contributed by atoms with van der Waals surface area (Å²) in [6, 6.07) is 15.9. The Balaban J connectivity index is 1.81. The van der Waals surface area contributed by atoms with Gasteiger partial charge in [-0.3, -0.25) is 9.10 Å². The van der Waals surface area contributed by atoms with Gasteiger partial charge in [-0.05, 0) is 66.6 Å². The topological polar surface area (TPSA) is 109 Å². The van der Waals surface area contributed by atoms with Gasteiger partial charge in [0.15, 0.2) is 0 Å². The summed E-state index contributed by atoms with van der Waals surface area (Å²) in [5.41, 5.74) is 2.33. The van der Waals surface area contributed by atoms with E-state index in [0.717, 1.165) is 10.6 Å². The summed E-state index contributed by atoms with van der Waals surface area (Å²) < 4.78 is 51.1. The first-order chi connectivity index (χ1) is 17.7. The van der Waals surface area contributed by atoms with Crippen LogP contribution in [0.5, 0.6) is 11.5 Å². The van der Waals surface area contributed by atoms with Crippen molar-refractivity contribution in [1.82, 2.24) is 5.32 Å². The van der Waals surface area contributed by atoms with Crippen LogP contribution in [0.1, 0.15) is 22.8 Å². The van der Waals surface area contributed by atoms with E-state index in [1.165, 1.54) is 31.3 Å². The smallest absolute Gasteiger partial charge is 0.255 e. The summed E-state index contributed by atoms with van der Waals surface area (Å²) >= 11 is 0. The maximum atomic E-state index is 13.2. The van der Waals surface area contributed by atoms with Crippen molar-refractivity contribution in [2.75, 3.05) is 30.8 Å². The number of amides is 1. The van der Waals surface area contributed by atoms with Gasteiger partial charge in [0.25, 0.3) is 5.91 Å². The Morgan fingerprint density at radius 2 is 1.70 bits per heavy atom. The molecule has 2 N–H and O–H groups in total. The number of hydrogen-bond acceptors (Lipinski definition) is 6. The van der Waals surface area contributed by atoms with Gasteiger partial charge in [0.2, 0.25) is 10.0 Å². The second-order valence-electron chi connectivity index (χ2n) is 8.36. The Bertz CT molecular complexity index is 1530. The zero-order chi connectivity index (χ0) is 26.7. The number of anilines is 1. The number of benzene rings is 3. The Kier molecular flexibility index (Phi) is 7.51. The fourth-order valence-electron chi connectivity index (χ4n) is 4.11. The van der Waals surface area contributed by atoms with Crippen molar-refractivity contribution >= 4 is 32.6 Å². The number of aliphatic hydroxyl groups excluding tert-OH is 1. The summed E-state index contributed by atoms with van der Waals surface area (Å²) in [4.78, 5) is 12.9. The van der Waals surface area contributed by atoms with Crippen LogP contribution in [0.25, 0.3) is 22.3 Å². The van der Waals surface area contributed by atoms with Crippen LogP contribution in [0.2, 0.25) is 0 Å². The number of nitrogens with one attached hydrogen (secondary N) is 1. The number of carbonyl (C=O) groups excluding carboxylic acids is 1. The van der Waals surface area contributed by atoms with Gasteiger partial charge in [0.05, 0.1) is 30.7 Å². The largest absolute Gasteiger partial charge is 0.457 e. The molecule has 194 valence electrons. The van der Waals surface area contributed by atoms with Crippen molar-refractivity contribution < 1.29 is 31.9 Å². The first-order valence-corrected chi connectivity index (χ1v) is 13.4. The van der Waals surface area contributed by atoms with Crippen molar-refractivity contribution in [2.45, 2.75) is 13.3 Å². The third kappa shape index (κ3) is 5.45. The normalized spacial score (nSPS) is 11.5. The average molecular weight is 527 g/mol. The third-order valence-electron chi connectivity index (χ3n) is 5.86. The zero-order valence-electron chi connectivity index (χ0n) is 20.6. The number of aliphatic hydroxyl groups is 1. The maximum Gasteiger partial charge on any atom is 0.255 e. The lowest BCUT2D eigenvalue weighted by atomic mass is 10.0. The number of fused-ring (bicyclic) bond motifs is 1. The molecule has 0 unspecified atom stereocenters. The number of furan rings is 1. The van der Waals surface area contributed by atoms with Gasteiger partial charge in [-0.25, -0.2) is 12.8 Å². The van der Waals surface area contributed by atoms with Crippen molar-refractivity contribution in [3.8, 4) is 22.8 Å². The van der Waals surface area contributed by atoms with Crippen molar-refractivity contribution in [3.05, 3.63) is 77.6 Å². The molecule has 1 aromatic heterocycles. The number of nitrogens with zero attached hydrogens (tertiary/aromatic N) is 1. The van der Waals surface area contributed by atoms with E-state index in [2.05, 4.69) is 5.32 Å². The second kappa shape index (κ2) is 10.6. The summed E-state index contributed by atoms with van der Waals surface area (Å²) in [5.74, 6) is 0.582. The van der Waals surface area contributed by atoms with Gasteiger partial charge in [-0.1, -0.05) is 6.92 Å². The van der Waals surface area contributed by atoms with E-state index in [1.54, 1.807) is 36.4 Å². The van der Waals surface area contributed by atoms with Gasteiger partial charge in [0.1, 0.15) is 28.7 Å². The highest BCUT2D eigenvalue weighted by Crippen LogP contribution is 2.38. The van der Waals surface area contributed by atoms with Crippen LogP contribution >= 0.6 is 0 Å². The molecule has 1 amide bonds. The summed E-state index contributed by atoms with van der Waals surface area (Å²) in [7, 11) is -2.15. The number of sulfonamides is 1. The molecule has 0 aliphatic rings. The Morgan fingerprint density at radius 1 is 1.08 bits per heavy atom. The van der Waals surface area contributed by atoms with Crippen molar-refractivity contribution in [1.29, 1.82) is 0 Å². The number of rotatable bonds is 9. The quantitative estimate of drug-likeness (QED) is 0.327. The molecule has 0 atom stereocenters. The number of hydrogen-bond donors (Lipinski definition) is 2. The molecule has 0 aliphatic carbocycles. The Hall–Kier alpha value is -3.89. The lowest BCUT2D eigenvalue weighted by Crippen LogP contribution is -2.33. The van der Waals surface area contributed by atoms with Crippen LogP contribution in [0.3, 0.4) is 0 Å². The van der Waals surface area contributed by atoms with Crippen LogP contribution in [0.4, 0.5) is 10.1 Å². The minimum absolute atomic E-state index is 0.108. The van der Waals surface area contributed by atoms with Gasteiger partial charge in [-0.15, -0.1) is 0 Å². The molecule has 0 spiro atoms. The van der Waals surface area contributed by atoms with E-state index in [-0.39, 0.29) is 24.9 Å². The van der Waals surface area contributed by atoms with Gasteiger partial charge in [0, 0.05) is 24.1 Å². The molecule has 1 heterocycles. The highest BCUT2D eigenvalue weighted by molar-refractivity contribution is 7.92. The van der Waals surface area contributed by atoms with Crippen LogP contribution in [-0.4, -0.2) is 45.9 Å². The molecular weight excluding hydrogens is 499 g/mol. The number of halogens is 1. The molecule has 0 saturated carbocycles. The highest BCUT2D eigenvalue weighted by Gasteiger charge is 2.26. The predicted octanol–water partition coefficient (Wildman–Crippen LogP) is 4.71. The molecule has 0 radical (unpaired) electrons. The van der Waals surface area contributed by atoms with E-state index >= 15 is 0 Å². The maximum absolute atomic E-state index is 13.2. The molecule has 10 heteroatoms. The molecule has 0 bridgehead atoms. The van der Waals surface area contributed by atoms with Crippen molar-refractivity contribution in [3.63, 3.8) is 0 Å². The summed E-state index contributed by atoms with van der Waals surface area (Å²) in [6.45, 7) is 1.42. The molecule has 0 saturated heterocycles. The van der Waals surface area contributed by atoms with Gasteiger partial charge >= 0.3 is 0 Å². The first kappa shape index (κ1) is 26.2. The molecular formula is C27H27FN2O6S. The fraction of sp³-hybridized carbons (Fsp3) is 0.222. The second-order valence-corrected chi connectivity index (χ2v) is 10.3. The molecule has 4 aromatic rings. The van der Waals surface area contributed by atoms with E-state index in [0.29, 0.717) is 57.0 Å². The van der Waals surface area contributed by atoms with E-state index in [9.17, 15) is 22.7 Å². The van der Waals surface area contributed by atoms with Crippen LogP contribution in [-0.2, 0) is 16.4 Å². The van der Waals surface area contributed by atoms with Crippen molar-refractivity contribution in [2.24, 2.45) is 0 Å². The SMILES string of the molecule is CCc1cc2c(C(=O)NC)c(-c3ccc(Oc4ccc(F)cc4)cc3)oc2cc1N(CCO)S(C)(=O)=O. The monoisotopic (exact) mass is 526 g/mol. The zero-order valence-corrected chi connectivity index (χ0v) is 21.4. The molecule has 3 aromatic carbocycles. The summed E-state index contributed by atoms with van der Waals surface area (Å²) in [6.07, 6.45) is 1.57. The predicted molar refractivity (Wildman–Crippen MR) is 140 cm³/mol. The Morgan fingerprint density at radius 3 is 2.24 bits per heavy atom. The van der Waals surface area contributed by atoms with Crippen LogP contribution in [0.15, 0.2) is 65.1 Å². The summed E-state index contributed by atoms with van der Waals surface area (Å²) in [5, 5.41) is 12.6. The van der Waals surface area contributed by atoms with E-state index < -0.39 is 10.0 Å².